The fourth-order valence-corrected chi connectivity index (χ4v) is 2.77. The highest BCUT2D eigenvalue weighted by Crippen LogP contribution is 2.27. The summed E-state index contributed by atoms with van der Waals surface area (Å²) in [6, 6.07) is 8.90. The van der Waals surface area contributed by atoms with Crippen LogP contribution < -0.4 is 0 Å². The predicted molar refractivity (Wildman–Crippen MR) is 79.3 cm³/mol. The molecular formula is C17H25NO. The molecule has 1 aliphatic heterocycles. The minimum atomic E-state index is -0.00788. The zero-order valence-corrected chi connectivity index (χ0v) is 12.6. The second-order valence-corrected chi connectivity index (χ2v) is 6.60. The van der Waals surface area contributed by atoms with Crippen molar-refractivity contribution in [3.05, 3.63) is 35.4 Å². The summed E-state index contributed by atoms with van der Waals surface area (Å²) < 4.78 is 0. The highest BCUT2D eigenvalue weighted by atomic mass is 16.1. The molecule has 1 aromatic carbocycles. The van der Waals surface area contributed by atoms with Crippen LogP contribution in [-0.2, 0) is 11.3 Å². The van der Waals surface area contributed by atoms with Crippen LogP contribution in [0.1, 0.15) is 57.6 Å². The molecule has 19 heavy (non-hydrogen) atoms. The summed E-state index contributed by atoms with van der Waals surface area (Å²) in [5.74, 6) is 0.981. The van der Waals surface area contributed by atoms with Crippen molar-refractivity contribution >= 4 is 5.78 Å². The molecule has 2 rings (SSSR count). The van der Waals surface area contributed by atoms with E-state index in [1.807, 2.05) is 0 Å². The number of piperidine rings is 1. The summed E-state index contributed by atoms with van der Waals surface area (Å²) in [6.07, 6.45) is 1.38. The van der Waals surface area contributed by atoms with E-state index in [0.717, 1.165) is 13.1 Å². The normalized spacial score (nSPS) is 19.9. The van der Waals surface area contributed by atoms with Crippen molar-refractivity contribution in [3.63, 3.8) is 0 Å². The number of benzene rings is 1. The Hall–Kier alpha value is -1.15. The molecule has 2 nitrogen and oxygen atoms in total. The Morgan fingerprint density at radius 1 is 1.21 bits per heavy atom. The van der Waals surface area contributed by atoms with Crippen LogP contribution in [-0.4, -0.2) is 22.8 Å². The van der Waals surface area contributed by atoms with Gasteiger partial charge in [-0.05, 0) is 30.9 Å². The number of carbonyl (C=O) groups is 1. The van der Waals surface area contributed by atoms with Gasteiger partial charge in [-0.15, -0.1) is 0 Å². The van der Waals surface area contributed by atoms with Crippen LogP contribution in [0, 0.1) is 0 Å². The van der Waals surface area contributed by atoms with Gasteiger partial charge >= 0.3 is 0 Å². The number of Topliss-reactive ketones (excluding diaryl/α,β-unsaturated/α-hetero) is 1. The first-order valence-corrected chi connectivity index (χ1v) is 7.24. The third-order valence-corrected chi connectivity index (χ3v) is 4.17. The summed E-state index contributed by atoms with van der Waals surface area (Å²) in [7, 11) is 0. The van der Waals surface area contributed by atoms with E-state index in [2.05, 4.69) is 56.9 Å². The van der Waals surface area contributed by atoms with Gasteiger partial charge in [0.15, 0.2) is 0 Å². The lowest BCUT2D eigenvalue weighted by Gasteiger charge is -2.41. The van der Waals surface area contributed by atoms with E-state index < -0.39 is 0 Å². The zero-order valence-electron chi connectivity index (χ0n) is 12.6. The number of rotatable bonds is 3. The molecule has 0 spiro atoms. The van der Waals surface area contributed by atoms with Crippen molar-refractivity contribution < 1.29 is 4.79 Å². The molecule has 0 aromatic heterocycles. The lowest BCUT2D eigenvalue weighted by molar-refractivity contribution is -0.125. The van der Waals surface area contributed by atoms with Crippen molar-refractivity contribution in [3.8, 4) is 0 Å². The fraction of sp³-hybridized carbons (Fsp3) is 0.588. The van der Waals surface area contributed by atoms with Gasteiger partial charge in [0.1, 0.15) is 5.78 Å². The average molecular weight is 259 g/mol. The van der Waals surface area contributed by atoms with Gasteiger partial charge in [-0.25, -0.2) is 0 Å². The summed E-state index contributed by atoms with van der Waals surface area (Å²) in [4.78, 5) is 14.0. The van der Waals surface area contributed by atoms with E-state index in [-0.39, 0.29) is 5.54 Å². The Kier molecular flexibility index (Phi) is 4.10. The molecule has 1 aromatic rings. The molecule has 1 heterocycles. The number of nitrogens with zero attached hydrogens (tertiary/aromatic N) is 1. The molecule has 1 aliphatic rings. The van der Waals surface area contributed by atoms with Crippen LogP contribution in [0.25, 0.3) is 0 Å². The molecule has 104 valence electrons. The molecule has 2 heteroatoms. The van der Waals surface area contributed by atoms with Gasteiger partial charge in [0.05, 0.1) is 0 Å². The lowest BCUT2D eigenvalue weighted by Crippen LogP contribution is -2.49. The Balaban J connectivity index is 2.06. The van der Waals surface area contributed by atoms with Crippen LogP contribution in [0.5, 0.6) is 0 Å². The molecule has 1 saturated heterocycles. The molecule has 0 unspecified atom stereocenters. The van der Waals surface area contributed by atoms with Crippen molar-refractivity contribution in [2.45, 2.75) is 58.5 Å². The summed E-state index contributed by atoms with van der Waals surface area (Å²) in [5.41, 5.74) is 2.72. The van der Waals surface area contributed by atoms with Crippen LogP contribution in [0.15, 0.2) is 24.3 Å². The van der Waals surface area contributed by atoms with E-state index in [9.17, 15) is 4.79 Å². The van der Waals surface area contributed by atoms with Crippen LogP contribution in [0.3, 0.4) is 0 Å². The van der Waals surface area contributed by atoms with E-state index >= 15 is 0 Å². The van der Waals surface area contributed by atoms with E-state index in [1.165, 1.54) is 11.1 Å². The number of hydrogen-bond acceptors (Lipinski definition) is 2. The van der Waals surface area contributed by atoms with Crippen LogP contribution in [0.2, 0.25) is 0 Å². The van der Waals surface area contributed by atoms with Gasteiger partial charge in [0, 0.05) is 31.5 Å². The van der Waals surface area contributed by atoms with Gasteiger partial charge in [-0.3, -0.25) is 9.69 Å². The van der Waals surface area contributed by atoms with Gasteiger partial charge in [-0.1, -0.05) is 38.1 Å². The Labute approximate surface area is 116 Å². The third-order valence-electron chi connectivity index (χ3n) is 4.17. The maximum absolute atomic E-state index is 11.6. The van der Waals surface area contributed by atoms with Gasteiger partial charge in [0.2, 0.25) is 0 Å². The van der Waals surface area contributed by atoms with Crippen molar-refractivity contribution in [1.29, 1.82) is 0 Å². The van der Waals surface area contributed by atoms with Gasteiger partial charge in [0.25, 0.3) is 0 Å². The van der Waals surface area contributed by atoms with E-state index in [1.54, 1.807) is 0 Å². The maximum atomic E-state index is 11.6. The monoisotopic (exact) mass is 259 g/mol. The highest BCUT2D eigenvalue weighted by Gasteiger charge is 2.33. The largest absolute Gasteiger partial charge is 0.300 e. The quantitative estimate of drug-likeness (QED) is 0.824. The smallest absolute Gasteiger partial charge is 0.136 e. The van der Waals surface area contributed by atoms with Crippen molar-refractivity contribution in [2.75, 3.05) is 6.54 Å². The molecule has 0 atom stereocenters. The zero-order chi connectivity index (χ0) is 14.0. The van der Waals surface area contributed by atoms with Crippen LogP contribution in [0.4, 0.5) is 0 Å². The minimum Gasteiger partial charge on any atom is -0.300 e. The predicted octanol–water partition coefficient (Wildman–Crippen LogP) is 3.75. The molecule has 0 amide bonds. The Morgan fingerprint density at radius 3 is 2.37 bits per heavy atom. The fourth-order valence-electron chi connectivity index (χ4n) is 2.77. The first-order chi connectivity index (χ1) is 8.88. The van der Waals surface area contributed by atoms with E-state index in [0.29, 0.717) is 24.5 Å². The van der Waals surface area contributed by atoms with E-state index in [4.69, 9.17) is 0 Å². The number of ketones is 1. The first-order valence-electron chi connectivity index (χ1n) is 7.24. The first kappa shape index (κ1) is 14.3. The lowest BCUT2D eigenvalue weighted by atomic mass is 9.89. The number of carbonyl (C=O) groups excluding carboxylic acids is 1. The molecule has 0 saturated carbocycles. The van der Waals surface area contributed by atoms with Gasteiger partial charge in [-0.2, -0.15) is 0 Å². The number of hydrogen-bond donors (Lipinski definition) is 0. The summed E-state index contributed by atoms with van der Waals surface area (Å²) >= 11 is 0. The second kappa shape index (κ2) is 5.46. The summed E-state index contributed by atoms with van der Waals surface area (Å²) in [5, 5.41) is 0. The molecule has 0 bridgehead atoms. The molecule has 0 N–H and O–H groups in total. The highest BCUT2D eigenvalue weighted by molar-refractivity contribution is 5.80. The van der Waals surface area contributed by atoms with Crippen molar-refractivity contribution in [1.82, 2.24) is 4.90 Å². The van der Waals surface area contributed by atoms with Crippen molar-refractivity contribution in [2.24, 2.45) is 0 Å². The standard InChI is InChI=1S/C17H25NO/c1-13(2)15-7-5-14(6-8-15)12-18-10-9-16(19)11-17(18,3)4/h5-8,13H,9-12H2,1-4H3. The molecule has 1 fully saturated rings. The second-order valence-electron chi connectivity index (χ2n) is 6.60. The SMILES string of the molecule is CC(C)c1ccc(CN2CCC(=O)CC2(C)C)cc1. The molecular weight excluding hydrogens is 234 g/mol. The Morgan fingerprint density at radius 2 is 1.84 bits per heavy atom. The van der Waals surface area contributed by atoms with Gasteiger partial charge < -0.3 is 0 Å². The average Bonchev–Trinajstić information content (AvgIpc) is 2.33. The number of likely N-dealkylation sites (tertiary alicyclic amines) is 1. The maximum Gasteiger partial charge on any atom is 0.136 e. The summed E-state index contributed by atoms with van der Waals surface area (Å²) in [6.45, 7) is 10.6. The molecule has 0 radical (unpaired) electrons. The topological polar surface area (TPSA) is 20.3 Å². The van der Waals surface area contributed by atoms with Crippen LogP contribution >= 0.6 is 0 Å². The minimum absolute atomic E-state index is 0.00788. The third kappa shape index (κ3) is 3.44. The Bertz CT molecular complexity index is 445. The molecule has 0 aliphatic carbocycles.